The third kappa shape index (κ3) is 1.56. The van der Waals surface area contributed by atoms with Crippen LogP contribution in [0.1, 0.15) is 0 Å². The lowest BCUT2D eigenvalue weighted by atomic mass is 9.91. The van der Waals surface area contributed by atoms with Crippen molar-refractivity contribution in [3.63, 3.8) is 0 Å². The molecule has 70 valence electrons. The smallest absolute Gasteiger partial charge is 0.310 e. The van der Waals surface area contributed by atoms with Crippen molar-refractivity contribution >= 4 is 5.97 Å². The van der Waals surface area contributed by atoms with Crippen LogP contribution in [-0.2, 0) is 4.79 Å². The minimum absolute atomic E-state index is 0.0410. The molecule has 0 bridgehead atoms. The van der Waals surface area contributed by atoms with E-state index in [0.29, 0.717) is 0 Å². The molecule has 0 aliphatic carbocycles. The second-order valence-electron chi connectivity index (χ2n) is 2.90. The lowest BCUT2D eigenvalue weighted by Gasteiger charge is -2.36. The van der Waals surface area contributed by atoms with Crippen molar-refractivity contribution < 1.29 is 25.2 Å². The number of β-amino-alcohol motifs (C(OH)–C–C–N with tert-alkyl or cyclic N) is 2. The van der Waals surface area contributed by atoms with E-state index in [-0.39, 0.29) is 13.1 Å². The summed E-state index contributed by atoms with van der Waals surface area (Å²) in [7, 11) is 0. The Hall–Kier alpha value is -0.690. The van der Waals surface area contributed by atoms with Gasteiger partial charge in [0, 0.05) is 6.54 Å². The number of hydrogen-bond acceptors (Lipinski definition) is 5. The van der Waals surface area contributed by atoms with Crippen molar-refractivity contribution in [2.24, 2.45) is 5.92 Å². The minimum atomic E-state index is -2.35. The number of aliphatic hydroxyl groups is 3. The molecule has 1 aliphatic rings. The molecular formula is C6H11NO5. The second kappa shape index (κ2) is 2.98. The fourth-order valence-electron chi connectivity index (χ4n) is 1.17. The maximum atomic E-state index is 10.4. The highest BCUT2D eigenvalue weighted by Crippen LogP contribution is 2.18. The van der Waals surface area contributed by atoms with Gasteiger partial charge in [0.05, 0.1) is 6.54 Å². The van der Waals surface area contributed by atoms with Crippen molar-refractivity contribution in [1.82, 2.24) is 5.32 Å². The summed E-state index contributed by atoms with van der Waals surface area (Å²) in [6.07, 6.45) is -1.64. The van der Waals surface area contributed by atoms with Gasteiger partial charge in [-0.2, -0.15) is 0 Å². The molecule has 1 fully saturated rings. The van der Waals surface area contributed by atoms with Crippen molar-refractivity contribution in [3.8, 4) is 0 Å². The molecule has 6 nitrogen and oxygen atoms in total. The average Bonchev–Trinajstić information content (AvgIpc) is 1.94. The first-order valence-electron chi connectivity index (χ1n) is 3.51. The van der Waals surface area contributed by atoms with Crippen LogP contribution in [0.2, 0.25) is 0 Å². The van der Waals surface area contributed by atoms with Crippen molar-refractivity contribution in [2.45, 2.75) is 11.9 Å². The zero-order chi connectivity index (χ0) is 9.35. The van der Waals surface area contributed by atoms with Crippen molar-refractivity contribution in [2.75, 3.05) is 13.1 Å². The van der Waals surface area contributed by atoms with E-state index < -0.39 is 23.8 Å². The Labute approximate surface area is 68.4 Å². The summed E-state index contributed by atoms with van der Waals surface area (Å²) < 4.78 is 0. The quantitative estimate of drug-likeness (QED) is 0.279. The molecule has 0 saturated carbocycles. The molecule has 12 heavy (non-hydrogen) atoms. The van der Waals surface area contributed by atoms with Gasteiger partial charge in [0.15, 0.2) is 0 Å². The number of carboxylic acids is 1. The van der Waals surface area contributed by atoms with Crippen LogP contribution in [0.3, 0.4) is 0 Å². The predicted octanol–water partition coefficient (Wildman–Crippen LogP) is -2.67. The lowest BCUT2D eigenvalue weighted by molar-refractivity contribution is -0.246. The molecule has 0 aromatic carbocycles. The summed E-state index contributed by atoms with van der Waals surface area (Å²) in [4.78, 5) is 10.4. The van der Waals surface area contributed by atoms with E-state index in [1.807, 2.05) is 0 Å². The number of aliphatic hydroxyl groups excluding tert-OH is 1. The molecule has 0 aromatic heterocycles. The maximum absolute atomic E-state index is 10.4. The fraction of sp³-hybridized carbons (Fsp3) is 0.833. The first-order valence-corrected chi connectivity index (χ1v) is 3.51. The average molecular weight is 177 g/mol. The number of nitrogens with one attached hydrogen (secondary N) is 1. The molecular weight excluding hydrogens is 166 g/mol. The summed E-state index contributed by atoms with van der Waals surface area (Å²) in [5.74, 6) is -4.77. The minimum Gasteiger partial charge on any atom is -0.481 e. The Bertz CT molecular complexity index is 192. The Morgan fingerprint density at radius 3 is 2.50 bits per heavy atom. The molecule has 0 spiro atoms. The molecule has 0 unspecified atom stereocenters. The van der Waals surface area contributed by atoms with E-state index in [0.717, 1.165) is 0 Å². The van der Waals surface area contributed by atoms with Gasteiger partial charge in [0.25, 0.3) is 0 Å². The summed E-state index contributed by atoms with van der Waals surface area (Å²) in [5.41, 5.74) is 0. The Kier molecular flexibility index (Phi) is 2.34. The van der Waals surface area contributed by atoms with Crippen LogP contribution in [0.4, 0.5) is 0 Å². The normalized spacial score (nSPS) is 34.6. The standard InChI is InChI=1S/C6H11NO5/c8-4-3(5(9)10)1-7-2-6(4,11)12/h3-4,7-8,11-12H,1-2H2,(H,9,10)/t3-,4-/m0/s1. The molecule has 6 heteroatoms. The number of hydrogen-bond donors (Lipinski definition) is 5. The number of rotatable bonds is 1. The zero-order valence-electron chi connectivity index (χ0n) is 6.27. The molecule has 5 N–H and O–H groups in total. The topological polar surface area (TPSA) is 110 Å². The van der Waals surface area contributed by atoms with Gasteiger partial charge in [-0.25, -0.2) is 0 Å². The monoisotopic (exact) mass is 177 g/mol. The molecule has 1 rings (SSSR count). The van der Waals surface area contributed by atoms with Crippen LogP contribution >= 0.6 is 0 Å². The maximum Gasteiger partial charge on any atom is 0.310 e. The summed E-state index contributed by atoms with van der Waals surface area (Å²) in [6, 6.07) is 0. The largest absolute Gasteiger partial charge is 0.481 e. The van der Waals surface area contributed by atoms with Crippen LogP contribution in [-0.4, -0.2) is 51.4 Å². The first-order chi connectivity index (χ1) is 5.45. The van der Waals surface area contributed by atoms with Crippen LogP contribution in [0, 0.1) is 5.92 Å². The summed E-state index contributed by atoms with van der Waals surface area (Å²) in [5, 5.41) is 38.2. The van der Waals surface area contributed by atoms with E-state index in [1.54, 1.807) is 0 Å². The summed E-state index contributed by atoms with van der Waals surface area (Å²) in [6.45, 7) is -0.183. The van der Waals surface area contributed by atoms with E-state index in [9.17, 15) is 4.79 Å². The summed E-state index contributed by atoms with van der Waals surface area (Å²) >= 11 is 0. The SMILES string of the molecule is O=C(O)[C@H]1CNCC(O)(O)[C@H]1O. The number of carboxylic acid groups (broad SMARTS) is 1. The molecule has 1 saturated heterocycles. The molecule has 0 aromatic rings. The van der Waals surface area contributed by atoms with Gasteiger partial charge in [-0.1, -0.05) is 0 Å². The van der Waals surface area contributed by atoms with E-state index in [1.165, 1.54) is 0 Å². The van der Waals surface area contributed by atoms with Crippen LogP contribution < -0.4 is 5.32 Å². The van der Waals surface area contributed by atoms with Gasteiger partial charge in [0.1, 0.15) is 12.0 Å². The Morgan fingerprint density at radius 1 is 1.50 bits per heavy atom. The predicted molar refractivity (Wildman–Crippen MR) is 37.2 cm³/mol. The van der Waals surface area contributed by atoms with Crippen LogP contribution in [0.5, 0.6) is 0 Å². The second-order valence-corrected chi connectivity index (χ2v) is 2.90. The number of carbonyl (C=O) groups is 1. The van der Waals surface area contributed by atoms with Crippen molar-refractivity contribution in [1.29, 1.82) is 0 Å². The van der Waals surface area contributed by atoms with Gasteiger partial charge < -0.3 is 25.7 Å². The van der Waals surface area contributed by atoms with Gasteiger partial charge in [-0.3, -0.25) is 4.79 Å². The number of piperidine rings is 1. The van der Waals surface area contributed by atoms with Gasteiger partial charge in [0.2, 0.25) is 5.79 Å². The fourth-order valence-corrected chi connectivity index (χ4v) is 1.17. The van der Waals surface area contributed by atoms with Crippen molar-refractivity contribution in [3.05, 3.63) is 0 Å². The van der Waals surface area contributed by atoms with Crippen LogP contribution in [0.15, 0.2) is 0 Å². The van der Waals surface area contributed by atoms with E-state index in [4.69, 9.17) is 20.4 Å². The molecule has 1 heterocycles. The zero-order valence-corrected chi connectivity index (χ0v) is 6.27. The molecule has 0 radical (unpaired) electrons. The molecule has 2 atom stereocenters. The Balaban J connectivity index is 2.73. The number of aliphatic carboxylic acids is 1. The lowest BCUT2D eigenvalue weighted by Crippen LogP contribution is -2.61. The van der Waals surface area contributed by atoms with Gasteiger partial charge in [-0.15, -0.1) is 0 Å². The Morgan fingerprint density at radius 2 is 2.08 bits per heavy atom. The third-order valence-corrected chi connectivity index (χ3v) is 1.92. The van der Waals surface area contributed by atoms with Gasteiger partial charge >= 0.3 is 5.97 Å². The van der Waals surface area contributed by atoms with E-state index >= 15 is 0 Å². The van der Waals surface area contributed by atoms with Crippen LogP contribution in [0.25, 0.3) is 0 Å². The highest BCUT2D eigenvalue weighted by atomic mass is 16.5. The van der Waals surface area contributed by atoms with E-state index in [2.05, 4.69) is 5.32 Å². The molecule has 0 amide bonds. The third-order valence-electron chi connectivity index (χ3n) is 1.92. The highest BCUT2D eigenvalue weighted by Gasteiger charge is 2.45. The highest BCUT2D eigenvalue weighted by molar-refractivity contribution is 5.71. The van der Waals surface area contributed by atoms with Gasteiger partial charge in [-0.05, 0) is 0 Å². The first kappa shape index (κ1) is 9.40. The molecule has 1 aliphatic heterocycles.